The van der Waals surface area contributed by atoms with E-state index in [0.29, 0.717) is 21.9 Å². The number of benzene rings is 2. The van der Waals surface area contributed by atoms with Crippen LogP contribution in [-0.2, 0) is 4.79 Å². The summed E-state index contributed by atoms with van der Waals surface area (Å²) in [6.45, 7) is 0. The Morgan fingerprint density at radius 2 is 1.97 bits per heavy atom. The van der Waals surface area contributed by atoms with Crippen molar-refractivity contribution in [3.63, 3.8) is 0 Å². The summed E-state index contributed by atoms with van der Waals surface area (Å²) in [6, 6.07) is 10.9. The number of ether oxygens (including phenoxy) is 1. The monoisotopic (exact) mass is 437 g/mol. The second-order valence-corrected chi connectivity index (χ2v) is 7.39. The number of amides is 1. The lowest BCUT2D eigenvalue weighted by Gasteiger charge is -1.99. The number of fused-ring (bicyclic) bond motifs is 1. The Labute approximate surface area is 177 Å². The average molecular weight is 437 g/mol. The van der Waals surface area contributed by atoms with E-state index in [1.807, 2.05) is 0 Å². The van der Waals surface area contributed by atoms with Crippen molar-refractivity contribution in [2.75, 3.05) is 12.4 Å². The highest BCUT2D eigenvalue weighted by Crippen LogP contribution is 2.35. The highest BCUT2D eigenvalue weighted by atomic mass is 32.1. The molecule has 9 nitrogen and oxygen atoms in total. The number of hydrogen-bond acceptors (Lipinski definition) is 9. The Kier molecular flexibility index (Phi) is 4.44. The molecule has 5 rings (SSSR count). The summed E-state index contributed by atoms with van der Waals surface area (Å²) in [4.78, 5) is 20.4. The number of hydrogen-bond donors (Lipinski definition) is 2. The molecule has 0 saturated carbocycles. The predicted octanol–water partition coefficient (Wildman–Crippen LogP) is 2.15. The van der Waals surface area contributed by atoms with Gasteiger partial charge in [-0.1, -0.05) is 16.4 Å². The number of methoxy groups -OCH3 is 1. The van der Waals surface area contributed by atoms with Crippen LogP contribution < -0.4 is 20.6 Å². The van der Waals surface area contributed by atoms with Crippen molar-refractivity contribution in [1.82, 2.24) is 15.2 Å². The molecular weight excluding hydrogens is 425 g/mol. The Hall–Kier alpha value is -4.12. The van der Waals surface area contributed by atoms with E-state index < -0.39 is 17.6 Å². The van der Waals surface area contributed by atoms with Gasteiger partial charge >= 0.3 is 6.01 Å². The zero-order chi connectivity index (χ0) is 21.5. The van der Waals surface area contributed by atoms with Crippen LogP contribution in [0.15, 0.2) is 51.9 Å². The van der Waals surface area contributed by atoms with E-state index in [2.05, 4.69) is 25.5 Å². The first kappa shape index (κ1) is 18.9. The van der Waals surface area contributed by atoms with Crippen molar-refractivity contribution in [2.45, 2.75) is 0 Å². The fourth-order valence-electron chi connectivity index (χ4n) is 3.05. The number of rotatable bonds is 5. The van der Waals surface area contributed by atoms with Crippen molar-refractivity contribution in [2.24, 2.45) is 4.99 Å². The maximum Gasteiger partial charge on any atom is 0.322 e. The maximum absolute atomic E-state index is 13.7. The van der Waals surface area contributed by atoms with E-state index >= 15 is 0 Å². The molecule has 0 aliphatic carbocycles. The first-order chi connectivity index (χ1) is 15.0. The summed E-state index contributed by atoms with van der Waals surface area (Å²) in [5, 5.41) is 21.8. The fourth-order valence-corrected chi connectivity index (χ4v) is 3.95. The third-order valence-electron chi connectivity index (χ3n) is 4.48. The smallest absolute Gasteiger partial charge is 0.322 e. The molecule has 0 spiro atoms. The van der Waals surface area contributed by atoms with Crippen LogP contribution in [0.1, 0.15) is 4.88 Å². The third kappa shape index (κ3) is 3.40. The summed E-state index contributed by atoms with van der Waals surface area (Å²) < 4.78 is 24.4. The molecule has 0 unspecified atom stereocenters. The van der Waals surface area contributed by atoms with Crippen molar-refractivity contribution in [3.05, 3.63) is 63.7 Å². The van der Waals surface area contributed by atoms with Crippen molar-refractivity contribution in [3.8, 4) is 23.1 Å². The summed E-state index contributed by atoms with van der Waals surface area (Å²) in [5.41, 5.74) is 0.776. The van der Waals surface area contributed by atoms with E-state index in [0.717, 1.165) is 11.3 Å². The first-order valence-electron chi connectivity index (χ1n) is 8.90. The zero-order valence-electron chi connectivity index (χ0n) is 15.8. The Bertz CT molecular complexity index is 1450. The minimum absolute atomic E-state index is 0.0463. The molecule has 1 amide bonds. The normalized spacial score (nSPS) is 12.6. The van der Waals surface area contributed by atoms with Crippen LogP contribution >= 0.6 is 11.3 Å². The molecule has 4 aromatic rings. The van der Waals surface area contributed by atoms with Gasteiger partial charge in [-0.2, -0.15) is 4.98 Å². The number of carbonyl (C=O) groups is 1. The average Bonchev–Trinajstić information content (AvgIpc) is 3.45. The number of anilines is 2. The zero-order valence-corrected chi connectivity index (χ0v) is 16.6. The minimum Gasteiger partial charge on any atom is -0.497 e. The van der Waals surface area contributed by atoms with E-state index in [1.165, 1.54) is 18.2 Å². The van der Waals surface area contributed by atoms with E-state index in [9.17, 15) is 14.3 Å². The molecule has 2 N–H and O–H groups in total. The SMILES string of the molecule is COc1ccc(-c2nnc(Nc3nc(O)c(C4=c5cc(F)ccc5=NC4=O)s3)o2)cc1. The number of carbonyl (C=O) groups excluding carboxylic acids is 1. The Balaban J connectivity index is 1.45. The van der Waals surface area contributed by atoms with Crippen LogP contribution in [0.25, 0.3) is 17.0 Å². The first-order valence-corrected chi connectivity index (χ1v) is 9.71. The molecule has 1 aliphatic rings. The summed E-state index contributed by atoms with van der Waals surface area (Å²) >= 11 is 0.978. The quantitative estimate of drug-likeness (QED) is 0.487. The molecule has 31 heavy (non-hydrogen) atoms. The van der Waals surface area contributed by atoms with Gasteiger partial charge in [0.25, 0.3) is 5.91 Å². The van der Waals surface area contributed by atoms with E-state index in [1.54, 1.807) is 31.4 Å². The predicted molar refractivity (Wildman–Crippen MR) is 108 cm³/mol. The molecule has 3 heterocycles. The fraction of sp³-hybridized carbons (Fsp3) is 0.0500. The molecule has 2 aromatic heterocycles. The van der Waals surface area contributed by atoms with Gasteiger partial charge in [-0.05, 0) is 42.5 Å². The van der Waals surface area contributed by atoms with Crippen molar-refractivity contribution < 1.29 is 23.4 Å². The van der Waals surface area contributed by atoms with Crippen LogP contribution in [0.2, 0.25) is 0 Å². The van der Waals surface area contributed by atoms with E-state index in [-0.39, 0.29) is 27.5 Å². The molecule has 1 aliphatic heterocycles. The summed E-state index contributed by atoms with van der Waals surface area (Å²) in [5.74, 6) is -0.515. The van der Waals surface area contributed by atoms with Crippen LogP contribution in [0.3, 0.4) is 0 Å². The molecule has 0 fully saturated rings. The highest BCUT2D eigenvalue weighted by Gasteiger charge is 2.25. The van der Waals surface area contributed by atoms with Crippen molar-refractivity contribution in [1.29, 1.82) is 0 Å². The van der Waals surface area contributed by atoms with Crippen LogP contribution in [0.5, 0.6) is 11.6 Å². The number of nitrogens with one attached hydrogen (secondary N) is 1. The van der Waals surface area contributed by atoms with Gasteiger partial charge < -0.3 is 14.3 Å². The second kappa shape index (κ2) is 7.29. The second-order valence-electron chi connectivity index (χ2n) is 6.39. The minimum atomic E-state index is -0.578. The van der Waals surface area contributed by atoms with E-state index in [4.69, 9.17) is 9.15 Å². The summed E-state index contributed by atoms with van der Waals surface area (Å²) in [6.07, 6.45) is 0. The molecule has 2 aromatic carbocycles. The third-order valence-corrected chi connectivity index (χ3v) is 5.45. The van der Waals surface area contributed by atoms with Gasteiger partial charge in [-0.25, -0.2) is 9.38 Å². The summed E-state index contributed by atoms with van der Waals surface area (Å²) in [7, 11) is 1.57. The molecule has 0 saturated heterocycles. The lowest BCUT2D eigenvalue weighted by Crippen LogP contribution is -2.23. The van der Waals surface area contributed by atoms with Gasteiger partial charge in [-0.3, -0.25) is 10.1 Å². The highest BCUT2D eigenvalue weighted by molar-refractivity contribution is 7.17. The molecule has 0 bridgehead atoms. The molecule has 0 radical (unpaired) electrons. The van der Waals surface area contributed by atoms with Gasteiger partial charge in [-0.15, -0.1) is 5.10 Å². The van der Waals surface area contributed by atoms with Crippen molar-refractivity contribution >= 4 is 34.0 Å². The molecule has 11 heteroatoms. The van der Waals surface area contributed by atoms with Gasteiger partial charge in [0.2, 0.25) is 11.8 Å². The van der Waals surface area contributed by atoms with Crippen LogP contribution in [0.4, 0.5) is 15.5 Å². The largest absolute Gasteiger partial charge is 0.497 e. The van der Waals surface area contributed by atoms with Gasteiger partial charge in [0.05, 0.1) is 18.0 Å². The number of thiazole rings is 1. The maximum atomic E-state index is 13.7. The van der Waals surface area contributed by atoms with Gasteiger partial charge in [0.1, 0.15) is 16.4 Å². The number of nitrogens with zero attached hydrogens (tertiary/aromatic N) is 4. The molecular formula is C20H12FN5O4S. The van der Waals surface area contributed by atoms with Crippen LogP contribution in [-0.4, -0.2) is 33.3 Å². The van der Waals surface area contributed by atoms with Gasteiger partial charge in [0, 0.05) is 10.8 Å². The van der Waals surface area contributed by atoms with Crippen LogP contribution in [0, 0.1) is 5.82 Å². The van der Waals surface area contributed by atoms with Gasteiger partial charge in [0.15, 0.2) is 5.13 Å². The molecule has 154 valence electrons. The molecule has 0 atom stereocenters. The standard InChI is InChI=1S/C20H12FN5O4S/c1-29-11-5-2-9(3-6-11)18-25-26-19(30-18)24-20-23-17(28)15(31-20)14-12-8-10(21)4-7-13(12)22-16(14)27/h2-8,28H,1H3,(H,23,24,26). The topological polar surface area (TPSA) is 123 Å². The number of aromatic nitrogens is 3. The Morgan fingerprint density at radius 3 is 2.74 bits per heavy atom. The number of halogens is 1. The number of aromatic hydroxyl groups is 1. The lowest BCUT2D eigenvalue weighted by atomic mass is 10.1. The Morgan fingerprint density at radius 1 is 1.16 bits per heavy atom. The lowest BCUT2D eigenvalue weighted by molar-refractivity contribution is -0.112.